The van der Waals surface area contributed by atoms with E-state index in [9.17, 15) is 18.3 Å². The Kier molecular flexibility index (Phi) is 6.99. The molecule has 0 aromatic carbocycles. The summed E-state index contributed by atoms with van der Waals surface area (Å²) in [5, 5.41) is 9.45. The van der Waals surface area contributed by atoms with Crippen molar-refractivity contribution in [3.8, 4) is 0 Å². The van der Waals surface area contributed by atoms with Gasteiger partial charge in [-0.3, -0.25) is 0 Å². The second-order valence-corrected chi connectivity index (χ2v) is 4.46. The van der Waals surface area contributed by atoms with E-state index in [2.05, 4.69) is 4.74 Å². The molecule has 0 aliphatic heterocycles. The first kappa shape index (κ1) is 15.7. The Balaban J connectivity index is 3.64. The topological polar surface area (TPSA) is 29.5 Å². The van der Waals surface area contributed by atoms with Gasteiger partial charge in [-0.2, -0.15) is 13.2 Å². The Morgan fingerprint density at radius 3 is 2.12 bits per heavy atom. The molecule has 0 aliphatic carbocycles. The lowest BCUT2D eigenvalue weighted by Gasteiger charge is -2.23. The van der Waals surface area contributed by atoms with Gasteiger partial charge >= 0.3 is 6.18 Å². The van der Waals surface area contributed by atoms with Crippen LogP contribution in [0.15, 0.2) is 0 Å². The molecule has 1 N–H and O–H groups in total. The zero-order chi connectivity index (χ0) is 12.8. The molecule has 0 saturated heterocycles. The van der Waals surface area contributed by atoms with Crippen LogP contribution in [0.5, 0.6) is 0 Å². The molecule has 16 heavy (non-hydrogen) atoms. The molecule has 2 nitrogen and oxygen atoms in total. The maximum Gasteiger partial charge on any atom is 0.411 e. The van der Waals surface area contributed by atoms with Gasteiger partial charge in [-0.25, -0.2) is 0 Å². The number of hydrogen-bond acceptors (Lipinski definition) is 2. The first-order valence-corrected chi connectivity index (χ1v) is 5.56. The van der Waals surface area contributed by atoms with E-state index in [0.717, 1.165) is 0 Å². The third-order valence-electron chi connectivity index (χ3n) is 2.57. The lowest BCUT2D eigenvalue weighted by molar-refractivity contribution is -0.174. The number of halogens is 3. The average molecular weight is 242 g/mol. The fourth-order valence-electron chi connectivity index (χ4n) is 1.74. The number of aliphatic hydroxyl groups excluding tert-OH is 1. The molecule has 0 heterocycles. The van der Waals surface area contributed by atoms with E-state index >= 15 is 0 Å². The minimum atomic E-state index is -4.25. The molecule has 0 saturated carbocycles. The van der Waals surface area contributed by atoms with Gasteiger partial charge in [0.2, 0.25) is 0 Å². The predicted octanol–water partition coefficient (Wildman–Crippen LogP) is 3.00. The third kappa shape index (κ3) is 7.93. The molecule has 0 rings (SSSR count). The zero-order valence-corrected chi connectivity index (χ0v) is 10.0. The summed E-state index contributed by atoms with van der Waals surface area (Å²) in [7, 11) is 0. The third-order valence-corrected chi connectivity index (χ3v) is 2.57. The molecule has 2 unspecified atom stereocenters. The van der Waals surface area contributed by atoms with E-state index in [0.29, 0.717) is 18.8 Å². The summed E-state index contributed by atoms with van der Waals surface area (Å²) in [6, 6.07) is 0. The van der Waals surface area contributed by atoms with Crippen LogP contribution in [-0.2, 0) is 4.74 Å². The maximum atomic E-state index is 11.7. The molecule has 98 valence electrons. The van der Waals surface area contributed by atoms with Gasteiger partial charge in [0, 0.05) is 6.61 Å². The molecule has 0 amide bonds. The van der Waals surface area contributed by atoms with E-state index in [1.807, 2.05) is 13.8 Å². The summed E-state index contributed by atoms with van der Waals surface area (Å²) >= 11 is 0. The quantitative estimate of drug-likeness (QED) is 0.695. The van der Waals surface area contributed by atoms with Crippen LogP contribution in [0.4, 0.5) is 13.2 Å². The summed E-state index contributed by atoms with van der Waals surface area (Å²) in [5.74, 6) is 0.442. The maximum absolute atomic E-state index is 11.7. The van der Waals surface area contributed by atoms with Crippen molar-refractivity contribution in [1.29, 1.82) is 0 Å². The minimum Gasteiger partial charge on any atom is -0.393 e. The van der Waals surface area contributed by atoms with E-state index in [1.165, 1.54) is 0 Å². The van der Waals surface area contributed by atoms with Gasteiger partial charge in [0.1, 0.15) is 6.61 Å². The van der Waals surface area contributed by atoms with Crippen molar-refractivity contribution in [3.05, 3.63) is 0 Å². The Bertz CT molecular complexity index is 171. The normalized spacial score (nSPS) is 16.5. The van der Waals surface area contributed by atoms with Crippen LogP contribution in [0.25, 0.3) is 0 Å². The molecular weight excluding hydrogens is 221 g/mol. The summed E-state index contributed by atoms with van der Waals surface area (Å²) in [4.78, 5) is 0. The fourth-order valence-corrected chi connectivity index (χ4v) is 1.74. The number of rotatable bonds is 7. The SMILES string of the molecule is CC(C)C(CCCOCC(F)(F)F)C(C)O. The van der Waals surface area contributed by atoms with Gasteiger partial charge in [0.05, 0.1) is 6.10 Å². The van der Waals surface area contributed by atoms with Crippen LogP contribution >= 0.6 is 0 Å². The van der Waals surface area contributed by atoms with Crippen LogP contribution in [-0.4, -0.2) is 30.6 Å². The van der Waals surface area contributed by atoms with Crippen molar-refractivity contribution in [2.75, 3.05) is 13.2 Å². The van der Waals surface area contributed by atoms with Gasteiger partial charge in [0.25, 0.3) is 0 Å². The summed E-state index contributed by atoms with van der Waals surface area (Å²) in [6.07, 6.45) is -3.44. The number of hydrogen-bond donors (Lipinski definition) is 1. The summed E-state index contributed by atoms with van der Waals surface area (Å²) < 4.78 is 39.7. The van der Waals surface area contributed by atoms with E-state index < -0.39 is 18.9 Å². The molecule has 0 spiro atoms. The highest BCUT2D eigenvalue weighted by Crippen LogP contribution is 2.21. The first-order chi connectivity index (χ1) is 7.24. The first-order valence-electron chi connectivity index (χ1n) is 5.56. The van der Waals surface area contributed by atoms with Crippen molar-refractivity contribution in [1.82, 2.24) is 0 Å². The van der Waals surface area contributed by atoms with Gasteiger partial charge in [-0.15, -0.1) is 0 Å². The molecule has 0 aromatic rings. The molecule has 0 aromatic heterocycles. The molecule has 2 atom stereocenters. The Hall–Kier alpha value is -0.290. The highest BCUT2D eigenvalue weighted by atomic mass is 19.4. The van der Waals surface area contributed by atoms with Crippen molar-refractivity contribution < 1.29 is 23.0 Å². The second-order valence-electron chi connectivity index (χ2n) is 4.46. The lowest BCUT2D eigenvalue weighted by atomic mass is 9.87. The van der Waals surface area contributed by atoms with Crippen molar-refractivity contribution in [2.24, 2.45) is 11.8 Å². The molecule has 0 radical (unpaired) electrons. The van der Waals surface area contributed by atoms with Crippen LogP contribution in [0.3, 0.4) is 0 Å². The van der Waals surface area contributed by atoms with Crippen molar-refractivity contribution in [3.63, 3.8) is 0 Å². The Labute approximate surface area is 94.8 Å². The summed E-state index contributed by atoms with van der Waals surface area (Å²) in [5.41, 5.74) is 0. The lowest BCUT2D eigenvalue weighted by Crippen LogP contribution is -2.23. The van der Waals surface area contributed by atoms with Gasteiger partial charge in [-0.05, 0) is 31.6 Å². The van der Waals surface area contributed by atoms with E-state index in [1.54, 1.807) is 6.92 Å². The molecule has 0 aliphatic rings. The monoisotopic (exact) mass is 242 g/mol. The van der Waals surface area contributed by atoms with Gasteiger partial charge in [-0.1, -0.05) is 13.8 Å². The second kappa shape index (κ2) is 7.12. The molecule has 5 heteroatoms. The fraction of sp³-hybridized carbons (Fsp3) is 1.00. The Morgan fingerprint density at radius 1 is 1.19 bits per heavy atom. The minimum absolute atomic E-state index is 0.0927. The van der Waals surface area contributed by atoms with E-state index in [4.69, 9.17) is 0 Å². The standard InChI is InChI=1S/C11H21F3O2/c1-8(2)10(9(3)15)5-4-6-16-7-11(12,13)14/h8-10,15H,4-7H2,1-3H3. The van der Waals surface area contributed by atoms with E-state index in [-0.39, 0.29) is 12.5 Å². The van der Waals surface area contributed by atoms with Crippen LogP contribution in [0.2, 0.25) is 0 Å². The smallest absolute Gasteiger partial charge is 0.393 e. The zero-order valence-electron chi connectivity index (χ0n) is 10.0. The Morgan fingerprint density at radius 2 is 1.75 bits per heavy atom. The van der Waals surface area contributed by atoms with Crippen LogP contribution in [0, 0.1) is 11.8 Å². The van der Waals surface area contributed by atoms with Gasteiger partial charge < -0.3 is 9.84 Å². The van der Waals surface area contributed by atoms with Crippen molar-refractivity contribution >= 4 is 0 Å². The number of alkyl halides is 3. The van der Waals surface area contributed by atoms with Crippen molar-refractivity contribution in [2.45, 2.75) is 45.9 Å². The highest BCUT2D eigenvalue weighted by molar-refractivity contribution is 4.68. The molecular formula is C11H21F3O2. The molecule has 0 fully saturated rings. The molecule has 0 bridgehead atoms. The van der Waals surface area contributed by atoms with Crippen LogP contribution < -0.4 is 0 Å². The predicted molar refractivity (Wildman–Crippen MR) is 56.1 cm³/mol. The largest absolute Gasteiger partial charge is 0.411 e. The average Bonchev–Trinajstić information content (AvgIpc) is 2.07. The van der Waals surface area contributed by atoms with Gasteiger partial charge in [0.15, 0.2) is 0 Å². The van der Waals surface area contributed by atoms with Crippen LogP contribution in [0.1, 0.15) is 33.6 Å². The highest BCUT2D eigenvalue weighted by Gasteiger charge is 2.27. The number of aliphatic hydroxyl groups is 1. The number of ether oxygens (including phenoxy) is 1. The summed E-state index contributed by atoms with van der Waals surface area (Å²) in [6.45, 7) is 4.60.